The number of hydrogen-bond donors (Lipinski definition) is 1. The Balaban J connectivity index is 1.95. The number of thioether (sulfide) groups is 1. The van der Waals surface area contributed by atoms with Gasteiger partial charge in [0.05, 0.1) is 6.10 Å². The Morgan fingerprint density at radius 1 is 1.41 bits per heavy atom. The highest BCUT2D eigenvalue weighted by Crippen LogP contribution is 2.19. The summed E-state index contributed by atoms with van der Waals surface area (Å²) in [4.78, 5) is 2.29. The minimum atomic E-state index is -0.254. The third-order valence-corrected chi connectivity index (χ3v) is 4.50. The van der Waals surface area contributed by atoms with Gasteiger partial charge in [-0.15, -0.1) is 0 Å². The second kappa shape index (κ2) is 5.89. The number of aliphatic hydroxyl groups excluding tert-OH is 1. The van der Waals surface area contributed by atoms with Crippen molar-refractivity contribution in [2.45, 2.75) is 25.5 Å². The van der Waals surface area contributed by atoms with Crippen molar-refractivity contribution >= 4 is 11.8 Å². The van der Waals surface area contributed by atoms with Crippen LogP contribution >= 0.6 is 11.8 Å². The largest absolute Gasteiger partial charge is 0.391 e. The van der Waals surface area contributed by atoms with E-state index in [2.05, 4.69) is 43.1 Å². The molecule has 1 aromatic carbocycles. The predicted octanol–water partition coefficient (Wildman–Crippen LogP) is 1.95. The van der Waals surface area contributed by atoms with Crippen molar-refractivity contribution in [3.8, 4) is 0 Å². The minimum absolute atomic E-state index is 0.254. The summed E-state index contributed by atoms with van der Waals surface area (Å²) in [6.45, 7) is 3.17. The molecule has 1 fully saturated rings. The summed E-state index contributed by atoms with van der Waals surface area (Å²) in [5.74, 6) is 2.23. The molecule has 0 aromatic heterocycles. The lowest BCUT2D eigenvalue weighted by Crippen LogP contribution is -2.47. The van der Waals surface area contributed by atoms with Crippen LogP contribution in [0.3, 0.4) is 0 Å². The molecular weight excluding hydrogens is 230 g/mol. The molecule has 2 atom stereocenters. The number of benzene rings is 1. The molecule has 0 saturated carbocycles. The molecule has 1 aliphatic heterocycles. The van der Waals surface area contributed by atoms with Crippen LogP contribution in [0.25, 0.3) is 0 Å². The van der Waals surface area contributed by atoms with Crippen LogP contribution in [-0.2, 0) is 6.42 Å². The Kier molecular flexibility index (Phi) is 4.48. The van der Waals surface area contributed by atoms with Gasteiger partial charge in [0.15, 0.2) is 0 Å². The van der Waals surface area contributed by atoms with Crippen LogP contribution in [0.1, 0.15) is 11.1 Å². The fourth-order valence-electron chi connectivity index (χ4n) is 2.21. The summed E-state index contributed by atoms with van der Waals surface area (Å²) in [6.07, 6.45) is 0.506. The minimum Gasteiger partial charge on any atom is -0.391 e. The standard InChI is InChI=1S/C14H21NOS/c1-11-3-5-12(6-4-11)9-14(16)13-10-17-8-7-15(13)2/h3-6,13-14,16H,7-10H2,1-2H3. The molecule has 1 aliphatic rings. The van der Waals surface area contributed by atoms with Crippen LogP contribution in [-0.4, -0.2) is 47.3 Å². The fraction of sp³-hybridized carbons (Fsp3) is 0.571. The summed E-state index contributed by atoms with van der Waals surface area (Å²) in [6, 6.07) is 8.77. The number of rotatable bonds is 3. The molecule has 1 heterocycles. The molecule has 1 aromatic rings. The zero-order valence-electron chi connectivity index (χ0n) is 10.6. The summed E-state index contributed by atoms with van der Waals surface area (Å²) in [5, 5.41) is 10.3. The summed E-state index contributed by atoms with van der Waals surface area (Å²) >= 11 is 1.95. The monoisotopic (exact) mass is 251 g/mol. The lowest BCUT2D eigenvalue weighted by molar-refractivity contribution is 0.0763. The number of hydrogen-bond acceptors (Lipinski definition) is 3. The van der Waals surface area contributed by atoms with Crippen molar-refractivity contribution in [2.75, 3.05) is 25.1 Å². The lowest BCUT2D eigenvalue weighted by Gasteiger charge is -2.35. The predicted molar refractivity (Wildman–Crippen MR) is 74.6 cm³/mol. The van der Waals surface area contributed by atoms with Gasteiger partial charge in [-0.25, -0.2) is 0 Å². The van der Waals surface area contributed by atoms with Gasteiger partial charge in [-0.3, -0.25) is 4.90 Å². The molecule has 3 heteroatoms. The third-order valence-electron chi connectivity index (χ3n) is 3.45. The Morgan fingerprint density at radius 3 is 2.76 bits per heavy atom. The van der Waals surface area contributed by atoms with Crippen molar-refractivity contribution in [3.63, 3.8) is 0 Å². The number of aryl methyl sites for hydroxylation is 1. The van der Waals surface area contributed by atoms with Gasteiger partial charge in [0.2, 0.25) is 0 Å². The van der Waals surface area contributed by atoms with Gasteiger partial charge in [0.25, 0.3) is 0 Å². The number of aliphatic hydroxyl groups is 1. The summed E-state index contributed by atoms with van der Waals surface area (Å²) in [5.41, 5.74) is 2.50. The Hall–Kier alpha value is -0.510. The molecule has 17 heavy (non-hydrogen) atoms. The van der Waals surface area contributed by atoms with E-state index < -0.39 is 0 Å². The average Bonchev–Trinajstić information content (AvgIpc) is 2.32. The van der Waals surface area contributed by atoms with Crippen molar-refractivity contribution < 1.29 is 5.11 Å². The number of likely N-dealkylation sites (N-methyl/N-ethyl adjacent to an activating group) is 1. The molecule has 94 valence electrons. The second-order valence-electron chi connectivity index (χ2n) is 4.88. The number of nitrogens with zero attached hydrogens (tertiary/aromatic N) is 1. The molecule has 1 N–H and O–H groups in total. The highest BCUT2D eigenvalue weighted by atomic mass is 32.2. The van der Waals surface area contributed by atoms with Crippen molar-refractivity contribution in [3.05, 3.63) is 35.4 Å². The van der Waals surface area contributed by atoms with E-state index in [4.69, 9.17) is 0 Å². The van der Waals surface area contributed by atoms with Crippen LogP contribution in [0.5, 0.6) is 0 Å². The smallest absolute Gasteiger partial charge is 0.0743 e. The van der Waals surface area contributed by atoms with E-state index in [1.807, 2.05) is 11.8 Å². The van der Waals surface area contributed by atoms with Crippen LogP contribution < -0.4 is 0 Å². The third kappa shape index (κ3) is 3.47. The SMILES string of the molecule is Cc1ccc(CC(O)C2CSCCN2C)cc1. The summed E-state index contributed by atoms with van der Waals surface area (Å²) < 4.78 is 0. The van der Waals surface area contributed by atoms with Gasteiger partial charge < -0.3 is 5.11 Å². The molecule has 0 radical (unpaired) electrons. The Morgan fingerprint density at radius 2 is 2.12 bits per heavy atom. The van der Waals surface area contributed by atoms with E-state index in [1.165, 1.54) is 16.9 Å². The molecule has 0 aliphatic carbocycles. The van der Waals surface area contributed by atoms with Crippen molar-refractivity contribution in [1.29, 1.82) is 0 Å². The van der Waals surface area contributed by atoms with Gasteiger partial charge in [0.1, 0.15) is 0 Å². The van der Waals surface area contributed by atoms with Gasteiger partial charge >= 0.3 is 0 Å². The van der Waals surface area contributed by atoms with E-state index in [0.29, 0.717) is 6.04 Å². The van der Waals surface area contributed by atoms with Crippen LogP contribution in [0.2, 0.25) is 0 Å². The van der Waals surface area contributed by atoms with E-state index >= 15 is 0 Å². The zero-order chi connectivity index (χ0) is 12.3. The molecule has 0 amide bonds. The van der Waals surface area contributed by atoms with Gasteiger partial charge in [-0.1, -0.05) is 29.8 Å². The molecule has 2 nitrogen and oxygen atoms in total. The maximum absolute atomic E-state index is 10.3. The van der Waals surface area contributed by atoms with Crippen LogP contribution in [0.4, 0.5) is 0 Å². The molecule has 1 saturated heterocycles. The molecule has 0 bridgehead atoms. The highest BCUT2D eigenvalue weighted by molar-refractivity contribution is 7.99. The van der Waals surface area contributed by atoms with E-state index in [9.17, 15) is 5.11 Å². The van der Waals surface area contributed by atoms with Gasteiger partial charge in [0, 0.05) is 24.1 Å². The normalized spacial score (nSPS) is 23.6. The zero-order valence-corrected chi connectivity index (χ0v) is 11.4. The molecule has 2 unspecified atom stereocenters. The maximum Gasteiger partial charge on any atom is 0.0743 e. The first kappa shape index (κ1) is 12.9. The van der Waals surface area contributed by atoms with E-state index in [1.54, 1.807) is 0 Å². The second-order valence-corrected chi connectivity index (χ2v) is 6.03. The molecule has 0 spiro atoms. The van der Waals surface area contributed by atoms with Gasteiger partial charge in [-0.05, 0) is 26.0 Å². The summed E-state index contributed by atoms with van der Waals surface area (Å²) in [7, 11) is 2.11. The topological polar surface area (TPSA) is 23.5 Å². The van der Waals surface area contributed by atoms with Gasteiger partial charge in [-0.2, -0.15) is 11.8 Å². The first-order chi connectivity index (χ1) is 8.16. The molecule has 2 rings (SSSR count). The quantitative estimate of drug-likeness (QED) is 0.888. The van der Waals surface area contributed by atoms with E-state index in [-0.39, 0.29) is 6.10 Å². The Labute approximate surface area is 108 Å². The molecular formula is C14H21NOS. The van der Waals surface area contributed by atoms with E-state index in [0.717, 1.165) is 18.7 Å². The average molecular weight is 251 g/mol. The lowest BCUT2D eigenvalue weighted by atomic mass is 10.0. The maximum atomic E-state index is 10.3. The Bertz CT molecular complexity index is 352. The highest BCUT2D eigenvalue weighted by Gasteiger charge is 2.26. The van der Waals surface area contributed by atoms with Crippen LogP contribution in [0.15, 0.2) is 24.3 Å². The van der Waals surface area contributed by atoms with Crippen LogP contribution in [0, 0.1) is 6.92 Å². The first-order valence-corrected chi connectivity index (χ1v) is 7.34. The van der Waals surface area contributed by atoms with Crippen molar-refractivity contribution in [1.82, 2.24) is 4.90 Å². The first-order valence-electron chi connectivity index (χ1n) is 6.18. The fourth-order valence-corrected chi connectivity index (χ4v) is 3.51. The van der Waals surface area contributed by atoms with Crippen molar-refractivity contribution in [2.24, 2.45) is 0 Å².